The summed E-state index contributed by atoms with van der Waals surface area (Å²) in [6, 6.07) is 6.91. The standard InChI is InChI=1S/C13H20N2O2/c1-15(2)9-5-8-14-13(17)10-11-6-3-4-7-12(11)16/h3-4,6-7,16H,5,8-10H2,1-2H3,(H,14,17). The van der Waals surface area contributed by atoms with Crippen LogP contribution in [0.3, 0.4) is 0 Å². The number of amides is 1. The van der Waals surface area contributed by atoms with Gasteiger partial charge < -0.3 is 15.3 Å². The average Bonchev–Trinajstić information content (AvgIpc) is 2.27. The van der Waals surface area contributed by atoms with Crippen LogP contribution in [0.2, 0.25) is 0 Å². The van der Waals surface area contributed by atoms with Crippen molar-refractivity contribution in [3.05, 3.63) is 29.8 Å². The average molecular weight is 236 g/mol. The van der Waals surface area contributed by atoms with E-state index in [1.165, 1.54) is 0 Å². The first-order chi connectivity index (χ1) is 8.09. The van der Waals surface area contributed by atoms with E-state index in [1.54, 1.807) is 18.2 Å². The zero-order valence-corrected chi connectivity index (χ0v) is 10.4. The van der Waals surface area contributed by atoms with Crippen LogP contribution in [0.5, 0.6) is 5.75 Å². The van der Waals surface area contributed by atoms with Crippen molar-refractivity contribution in [2.24, 2.45) is 0 Å². The summed E-state index contributed by atoms with van der Waals surface area (Å²) in [7, 11) is 4.01. The second-order valence-corrected chi connectivity index (χ2v) is 4.31. The van der Waals surface area contributed by atoms with Crippen molar-refractivity contribution in [3.63, 3.8) is 0 Å². The molecule has 0 atom stereocenters. The van der Waals surface area contributed by atoms with Gasteiger partial charge in [0.25, 0.3) is 0 Å². The summed E-state index contributed by atoms with van der Waals surface area (Å²) in [4.78, 5) is 13.7. The SMILES string of the molecule is CN(C)CCCNC(=O)Cc1ccccc1O. The molecule has 0 radical (unpaired) electrons. The highest BCUT2D eigenvalue weighted by Gasteiger charge is 2.06. The molecule has 0 aliphatic heterocycles. The van der Waals surface area contributed by atoms with Crippen LogP contribution in [-0.2, 0) is 11.2 Å². The van der Waals surface area contributed by atoms with Crippen molar-refractivity contribution < 1.29 is 9.90 Å². The van der Waals surface area contributed by atoms with Gasteiger partial charge in [-0.15, -0.1) is 0 Å². The van der Waals surface area contributed by atoms with E-state index < -0.39 is 0 Å². The van der Waals surface area contributed by atoms with Gasteiger partial charge >= 0.3 is 0 Å². The van der Waals surface area contributed by atoms with E-state index in [1.807, 2.05) is 20.2 Å². The Labute approximate surface area is 102 Å². The third kappa shape index (κ3) is 5.36. The van der Waals surface area contributed by atoms with E-state index in [-0.39, 0.29) is 18.1 Å². The highest BCUT2D eigenvalue weighted by molar-refractivity contribution is 5.79. The van der Waals surface area contributed by atoms with Crippen LogP contribution in [-0.4, -0.2) is 43.1 Å². The van der Waals surface area contributed by atoms with Gasteiger partial charge in [-0.05, 0) is 33.1 Å². The molecule has 1 aromatic rings. The Morgan fingerprint density at radius 3 is 2.71 bits per heavy atom. The molecule has 1 rings (SSSR count). The second kappa shape index (κ2) is 6.91. The van der Waals surface area contributed by atoms with E-state index >= 15 is 0 Å². The predicted molar refractivity (Wildman–Crippen MR) is 68.0 cm³/mol. The summed E-state index contributed by atoms with van der Waals surface area (Å²) in [5, 5.41) is 12.4. The largest absolute Gasteiger partial charge is 0.508 e. The van der Waals surface area contributed by atoms with Gasteiger partial charge in [0.05, 0.1) is 6.42 Å². The molecule has 1 aromatic carbocycles. The Balaban J connectivity index is 2.28. The number of nitrogens with zero attached hydrogens (tertiary/aromatic N) is 1. The fourth-order valence-corrected chi connectivity index (χ4v) is 1.52. The summed E-state index contributed by atoms with van der Waals surface area (Å²) in [6.45, 7) is 1.63. The lowest BCUT2D eigenvalue weighted by Crippen LogP contribution is -2.28. The van der Waals surface area contributed by atoms with Crippen molar-refractivity contribution in [2.75, 3.05) is 27.2 Å². The zero-order valence-electron chi connectivity index (χ0n) is 10.4. The van der Waals surface area contributed by atoms with Crippen LogP contribution in [0.1, 0.15) is 12.0 Å². The number of phenolic OH excluding ortho intramolecular Hbond substituents is 1. The number of hydrogen-bond donors (Lipinski definition) is 2. The molecule has 0 spiro atoms. The first-order valence-corrected chi connectivity index (χ1v) is 5.78. The molecule has 0 heterocycles. The number of benzene rings is 1. The van der Waals surface area contributed by atoms with Gasteiger partial charge in [-0.1, -0.05) is 18.2 Å². The number of rotatable bonds is 6. The lowest BCUT2D eigenvalue weighted by molar-refractivity contribution is -0.120. The summed E-state index contributed by atoms with van der Waals surface area (Å²) in [5.74, 6) is 0.126. The molecule has 17 heavy (non-hydrogen) atoms. The summed E-state index contributed by atoms with van der Waals surface area (Å²) >= 11 is 0. The maximum Gasteiger partial charge on any atom is 0.224 e. The Hall–Kier alpha value is -1.55. The molecule has 0 aliphatic carbocycles. The van der Waals surface area contributed by atoms with E-state index in [0.29, 0.717) is 12.1 Å². The van der Waals surface area contributed by atoms with Crippen molar-refractivity contribution in [1.29, 1.82) is 0 Å². The Kier molecular flexibility index (Phi) is 5.49. The van der Waals surface area contributed by atoms with Crippen LogP contribution in [0.25, 0.3) is 0 Å². The third-order valence-corrected chi connectivity index (χ3v) is 2.45. The fraction of sp³-hybridized carbons (Fsp3) is 0.462. The zero-order chi connectivity index (χ0) is 12.7. The fourth-order valence-electron chi connectivity index (χ4n) is 1.52. The van der Waals surface area contributed by atoms with Gasteiger partial charge in [0.2, 0.25) is 5.91 Å². The lowest BCUT2D eigenvalue weighted by atomic mass is 10.1. The van der Waals surface area contributed by atoms with E-state index in [2.05, 4.69) is 10.2 Å². The van der Waals surface area contributed by atoms with E-state index in [0.717, 1.165) is 13.0 Å². The molecule has 1 amide bonds. The number of nitrogens with one attached hydrogen (secondary N) is 1. The van der Waals surface area contributed by atoms with Crippen LogP contribution >= 0.6 is 0 Å². The molecule has 0 unspecified atom stereocenters. The van der Waals surface area contributed by atoms with Crippen LogP contribution in [0, 0.1) is 0 Å². The molecule has 0 saturated heterocycles. The van der Waals surface area contributed by atoms with Gasteiger partial charge in [-0.25, -0.2) is 0 Å². The minimum absolute atomic E-state index is 0.0507. The molecule has 0 bridgehead atoms. The summed E-state index contributed by atoms with van der Waals surface area (Å²) in [6.07, 6.45) is 1.16. The highest BCUT2D eigenvalue weighted by Crippen LogP contribution is 2.15. The van der Waals surface area contributed by atoms with Gasteiger partial charge in [-0.3, -0.25) is 4.79 Å². The van der Waals surface area contributed by atoms with Crippen LogP contribution < -0.4 is 5.32 Å². The van der Waals surface area contributed by atoms with Crippen molar-refractivity contribution >= 4 is 5.91 Å². The normalized spacial score (nSPS) is 10.5. The molecule has 0 saturated carbocycles. The molecule has 4 nitrogen and oxygen atoms in total. The Morgan fingerprint density at radius 2 is 2.06 bits per heavy atom. The molecule has 94 valence electrons. The monoisotopic (exact) mass is 236 g/mol. The second-order valence-electron chi connectivity index (χ2n) is 4.31. The molecule has 0 aromatic heterocycles. The summed E-state index contributed by atoms with van der Waals surface area (Å²) < 4.78 is 0. The maximum absolute atomic E-state index is 11.6. The number of carbonyl (C=O) groups excluding carboxylic acids is 1. The summed E-state index contributed by atoms with van der Waals surface area (Å²) in [5.41, 5.74) is 0.664. The molecular weight excluding hydrogens is 216 g/mol. The number of hydrogen-bond acceptors (Lipinski definition) is 3. The molecule has 0 aliphatic rings. The van der Waals surface area contributed by atoms with Crippen molar-refractivity contribution in [1.82, 2.24) is 10.2 Å². The molecular formula is C13H20N2O2. The topological polar surface area (TPSA) is 52.6 Å². The van der Waals surface area contributed by atoms with Gasteiger partial charge in [0.1, 0.15) is 5.75 Å². The number of phenols is 1. The van der Waals surface area contributed by atoms with E-state index in [4.69, 9.17) is 0 Å². The van der Waals surface area contributed by atoms with Crippen molar-refractivity contribution in [3.8, 4) is 5.75 Å². The lowest BCUT2D eigenvalue weighted by Gasteiger charge is -2.10. The highest BCUT2D eigenvalue weighted by atomic mass is 16.3. The van der Waals surface area contributed by atoms with Gasteiger partial charge in [-0.2, -0.15) is 0 Å². The third-order valence-electron chi connectivity index (χ3n) is 2.45. The maximum atomic E-state index is 11.6. The minimum Gasteiger partial charge on any atom is -0.508 e. The first-order valence-electron chi connectivity index (χ1n) is 5.78. The smallest absolute Gasteiger partial charge is 0.224 e. The molecule has 2 N–H and O–H groups in total. The number of para-hydroxylation sites is 1. The molecule has 0 fully saturated rings. The van der Waals surface area contributed by atoms with Gasteiger partial charge in [0.15, 0.2) is 0 Å². The predicted octanol–water partition coefficient (Wildman–Crippen LogP) is 1.00. The van der Waals surface area contributed by atoms with Gasteiger partial charge in [0, 0.05) is 12.1 Å². The Bertz CT molecular complexity index is 364. The van der Waals surface area contributed by atoms with Crippen molar-refractivity contribution in [2.45, 2.75) is 12.8 Å². The Morgan fingerprint density at radius 1 is 1.35 bits per heavy atom. The quantitative estimate of drug-likeness (QED) is 0.725. The number of aromatic hydroxyl groups is 1. The first kappa shape index (κ1) is 13.5. The number of carbonyl (C=O) groups is 1. The van der Waals surface area contributed by atoms with E-state index in [9.17, 15) is 9.90 Å². The van der Waals surface area contributed by atoms with Crippen LogP contribution in [0.4, 0.5) is 0 Å². The minimum atomic E-state index is -0.0507. The molecule has 4 heteroatoms. The van der Waals surface area contributed by atoms with Crippen LogP contribution in [0.15, 0.2) is 24.3 Å².